The van der Waals surface area contributed by atoms with E-state index >= 15 is 0 Å². The maximum atomic E-state index is 9.03. The van der Waals surface area contributed by atoms with Gasteiger partial charge in [-0.25, -0.2) is 0 Å². The monoisotopic (exact) mass is 151 g/mol. The summed E-state index contributed by atoms with van der Waals surface area (Å²) in [5, 5.41) is 20.4. The predicted octanol–water partition coefficient (Wildman–Crippen LogP) is -0.732. The van der Waals surface area contributed by atoms with Crippen LogP contribution in [0.2, 0.25) is 0 Å². The number of hydrogen-bond acceptors (Lipinski definition) is 3. The smallest absolute Gasteiger partial charge is 0.181 e. The lowest BCUT2D eigenvalue weighted by atomic mass is 10.1. The summed E-state index contributed by atoms with van der Waals surface area (Å²) in [4.78, 5) is 0. The van der Waals surface area contributed by atoms with Crippen LogP contribution in [0.15, 0.2) is 0 Å². The summed E-state index contributed by atoms with van der Waals surface area (Å²) in [6, 6.07) is 0. The highest BCUT2D eigenvalue weighted by Gasteiger charge is 2.34. The first-order chi connectivity index (χ1) is 4.13. The first-order valence-electron chi connectivity index (χ1n) is 2.92. The van der Waals surface area contributed by atoms with Crippen molar-refractivity contribution < 1.29 is 10.2 Å². The molecule has 0 amide bonds. The summed E-state index contributed by atoms with van der Waals surface area (Å²) in [5.41, 5.74) is 0. The van der Waals surface area contributed by atoms with Gasteiger partial charge in [-0.3, -0.25) is 0 Å². The molecule has 1 aliphatic heterocycles. The van der Waals surface area contributed by atoms with E-state index in [1.54, 1.807) is 0 Å². The SMILES string of the molecule is OC1(O)CCNCC1Cl. The molecule has 3 N–H and O–H groups in total. The largest absolute Gasteiger partial charge is 0.364 e. The van der Waals surface area contributed by atoms with Crippen molar-refractivity contribution in [2.24, 2.45) is 0 Å². The molecule has 0 aromatic heterocycles. The van der Waals surface area contributed by atoms with E-state index in [1.807, 2.05) is 0 Å². The average molecular weight is 152 g/mol. The zero-order chi connectivity index (χ0) is 6.91. The molecule has 0 radical (unpaired) electrons. The zero-order valence-electron chi connectivity index (χ0n) is 4.97. The molecule has 1 aliphatic rings. The summed E-state index contributed by atoms with van der Waals surface area (Å²) in [6.45, 7) is 1.09. The summed E-state index contributed by atoms with van der Waals surface area (Å²) in [6.07, 6.45) is 0.307. The number of nitrogens with one attached hydrogen (secondary N) is 1. The molecule has 3 nitrogen and oxygen atoms in total. The van der Waals surface area contributed by atoms with Gasteiger partial charge in [0.2, 0.25) is 0 Å². The number of aliphatic hydroxyl groups is 2. The molecule has 0 spiro atoms. The Labute approximate surface area is 58.6 Å². The molecular formula is C5H10ClNO2. The van der Waals surface area contributed by atoms with Gasteiger partial charge in [-0.1, -0.05) is 0 Å². The third kappa shape index (κ3) is 1.55. The van der Waals surface area contributed by atoms with Gasteiger partial charge in [0.1, 0.15) is 0 Å². The molecular weight excluding hydrogens is 142 g/mol. The van der Waals surface area contributed by atoms with Crippen molar-refractivity contribution in [3.8, 4) is 0 Å². The Hall–Kier alpha value is 0.170. The van der Waals surface area contributed by atoms with Crippen molar-refractivity contribution >= 4 is 11.6 Å². The third-order valence-corrected chi connectivity index (χ3v) is 2.00. The van der Waals surface area contributed by atoms with Gasteiger partial charge >= 0.3 is 0 Å². The quantitative estimate of drug-likeness (QED) is 0.316. The maximum Gasteiger partial charge on any atom is 0.181 e. The van der Waals surface area contributed by atoms with Crippen molar-refractivity contribution in [1.29, 1.82) is 0 Å². The van der Waals surface area contributed by atoms with Crippen LogP contribution < -0.4 is 5.32 Å². The molecule has 1 rings (SSSR count). The minimum absolute atomic E-state index is 0.307. The first kappa shape index (κ1) is 7.28. The summed E-state index contributed by atoms with van der Waals surface area (Å²) < 4.78 is 0. The van der Waals surface area contributed by atoms with Crippen LogP contribution in [-0.2, 0) is 0 Å². The van der Waals surface area contributed by atoms with Gasteiger partial charge in [0.05, 0.1) is 5.38 Å². The van der Waals surface area contributed by atoms with E-state index in [-0.39, 0.29) is 0 Å². The van der Waals surface area contributed by atoms with E-state index in [1.165, 1.54) is 0 Å². The number of piperidine rings is 1. The van der Waals surface area contributed by atoms with E-state index < -0.39 is 11.2 Å². The summed E-state index contributed by atoms with van der Waals surface area (Å²) in [5.74, 6) is -1.66. The van der Waals surface area contributed by atoms with Crippen LogP contribution in [-0.4, -0.2) is 34.5 Å². The average Bonchev–Trinajstić information content (AvgIpc) is 1.77. The highest BCUT2D eigenvalue weighted by atomic mass is 35.5. The molecule has 0 bridgehead atoms. The minimum Gasteiger partial charge on any atom is -0.364 e. The molecule has 1 heterocycles. The highest BCUT2D eigenvalue weighted by molar-refractivity contribution is 6.21. The van der Waals surface area contributed by atoms with E-state index in [4.69, 9.17) is 21.8 Å². The second kappa shape index (κ2) is 2.42. The van der Waals surface area contributed by atoms with Crippen LogP contribution in [0.25, 0.3) is 0 Å². The highest BCUT2D eigenvalue weighted by Crippen LogP contribution is 2.19. The van der Waals surface area contributed by atoms with E-state index in [2.05, 4.69) is 5.32 Å². The van der Waals surface area contributed by atoms with Crippen molar-refractivity contribution in [2.75, 3.05) is 13.1 Å². The molecule has 0 aromatic rings. The Morgan fingerprint density at radius 2 is 2.22 bits per heavy atom. The Bertz CT molecular complexity index is 107. The molecule has 0 aliphatic carbocycles. The second-order valence-corrected chi connectivity index (χ2v) is 2.83. The van der Waals surface area contributed by atoms with Crippen molar-refractivity contribution in [3.63, 3.8) is 0 Å². The third-order valence-electron chi connectivity index (χ3n) is 1.49. The molecule has 1 fully saturated rings. The molecule has 0 saturated carbocycles. The molecule has 54 valence electrons. The van der Waals surface area contributed by atoms with Gasteiger partial charge in [-0.15, -0.1) is 11.6 Å². The lowest BCUT2D eigenvalue weighted by Crippen LogP contribution is -2.51. The fourth-order valence-corrected chi connectivity index (χ4v) is 1.04. The Balaban J connectivity index is 2.49. The van der Waals surface area contributed by atoms with E-state index in [0.29, 0.717) is 19.5 Å². The topological polar surface area (TPSA) is 52.5 Å². The molecule has 9 heavy (non-hydrogen) atoms. The number of halogens is 1. The fraction of sp³-hybridized carbons (Fsp3) is 1.00. The normalized spacial score (nSPS) is 34.3. The predicted molar refractivity (Wildman–Crippen MR) is 34.3 cm³/mol. The lowest BCUT2D eigenvalue weighted by molar-refractivity contribution is -0.172. The van der Waals surface area contributed by atoms with Crippen LogP contribution in [0, 0.1) is 0 Å². The summed E-state index contributed by atoms with van der Waals surface area (Å²) >= 11 is 5.55. The first-order valence-corrected chi connectivity index (χ1v) is 3.36. The van der Waals surface area contributed by atoms with Gasteiger partial charge in [0.15, 0.2) is 5.79 Å². The molecule has 4 heteroatoms. The molecule has 1 unspecified atom stereocenters. The Morgan fingerprint density at radius 3 is 2.56 bits per heavy atom. The lowest BCUT2D eigenvalue weighted by Gasteiger charge is -2.31. The van der Waals surface area contributed by atoms with Crippen molar-refractivity contribution in [1.82, 2.24) is 5.32 Å². The number of rotatable bonds is 0. The fourth-order valence-electron chi connectivity index (χ4n) is 0.821. The van der Waals surface area contributed by atoms with Gasteiger partial charge in [-0.05, 0) is 0 Å². The molecule has 1 saturated heterocycles. The van der Waals surface area contributed by atoms with Crippen LogP contribution in [0.4, 0.5) is 0 Å². The van der Waals surface area contributed by atoms with Gasteiger partial charge < -0.3 is 15.5 Å². The zero-order valence-corrected chi connectivity index (χ0v) is 5.73. The molecule has 1 atom stereocenters. The Kier molecular flexibility index (Phi) is 1.96. The number of alkyl halides is 1. The minimum atomic E-state index is -1.66. The van der Waals surface area contributed by atoms with Crippen LogP contribution >= 0.6 is 11.6 Å². The van der Waals surface area contributed by atoms with Crippen LogP contribution in [0.1, 0.15) is 6.42 Å². The van der Waals surface area contributed by atoms with Gasteiger partial charge in [0.25, 0.3) is 0 Å². The second-order valence-electron chi connectivity index (χ2n) is 2.30. The van der Waals surface area contributed by atoms with Gasteiger partial charge in [0, 0.05) is 19.5 Å². The van der Waals surface area contributed by atoms with E-state index in [9.17, 15) is 0 Å². The molecule has 0 aromatic carbocycles. The van der Waals surface area contributed by atoms with Gasteiger partial charge in [-0.2, -0.15) is 0 Å². The van der Waals surface area contributed by atoms with Crippen molar-refractivity contribution in [2.45, 2.75) is 17.6 Å². The van der Waals surface area contributed by atoms with Crippen molar-refractivity contribution in [3.05, 3.63) is 0 Å². The van der Waals surface area contributed by atoms with E-state index in [0.717, 1.165) is 0 Å². The standard InChI is InChI=1S/C5H10ClNO2/c6-4-3-7-2-1-5(4,8)9/h4,7-9H,1-3H2. The Morgan fingerprint density at radius 1 is 1.56 bits per heavy atom. The van der Waals surface area contributed by atoms with Crippen LogP contribution in [0.5, 0.6) is 0 Å². The summed E-state index contributed by atoms with van der Waals surface area (Å²) in [7, 11) is 0. The van der Waals surface area contributed by atoms with Crippen LogP contribution in [0.3, 0.4) is 0 Å². The number of hydrogen-bond donors (Lipinski definition) is 3. The maximum absolute atomic E-state index is 9.03.